The molecular weight excluding hydrogens is 180 g/mol. The lowest BCUT2D eigenvalue weighted by molar-refractivity contribution is -0.0216. The fourth-order valence-electron chi connectivity index (χ4n) is 1.21. The maximum absolute atomic E-state index is 5.60. The van der Waals surface area contributed by atoms with Crippen LogP contribution in [0, 0.1) is 0 Å². The van der Waals surface area contributed by atoms with Crippen LogP contribution in [-0.4, -0.2) is 29.3 Å². The molecule has 0 aliphatic rings. The third-order valence-corrected chi connectivity index (χ3v) is 3.30. The molecule has 0 aromatic carbocycles. The normalized spacial score (nSPS) is 11.9. The molecule has 0 aliphatic heterocycles. The van der Waals surface area contributed by atoms with E-state index < -0.39 is 0 Å². The minimum Gasteiger partial charge on any atom is -0.420 e. The molecule has 0 aromatic heterocycles. The molecule has 13 heavy (non-hydrogen) atoms. The Labute approximate surface area is 84.9 Å². The standard InChI is InChI=1S/C10H22O2Si/c1-5-10(6-2,12-13)8-11-7-9(3)4/h3,5-8H2,1-2,4,13H3. The SMILES string of the molecule is C=C(C)COCC(CC)(CC)O[SiH3]. The second kappa shape index (κ2) is 6.35. The quantitative estimate of drug-likeness (QED) is 0.459. The van der Waals surface area contributed by atoms with Crippen LogP contribution in [0.5, 0.6) is 0 Å². The van der Waals surface area contributed by atoms with Crippen LogP contribution in [0.15, 0.2) is 12.2 Å². The van der Waals surface area contributed by atoms with Crippen molar-refractivity contribution in [3.05, 3.63) is 12.2 Å². The van der Waals surface area contributed by atoms with E-state index in [1.807, 2.05) is 6.92 Å². The summed E-state index contributed by atoms with van der Waals surface area (Å²) in [6.07, 6.45) is 2.03. The first-order valence-corrected chi connectivity index (χ1v) is 5.69. The van der Waals surface area contributed by atoms with Gasteiger partial charge >= 0.3 is 0 Å². The summed E-state index contributed by atoms with van der Waals surface area (Å²) >= 11 is 0. The largest absolute Gasteiger partial charge is 0.420 e. The highest BCUT2D eigenvalue weighted by molar-refractivity contribution is 5.98. The fraction of sp³-hybridized carbons (Fsp3) is 0.800. The molecule has 0 bridgehead atoms. The van der Waals surface area contributed by atoms with Crippen molar-refractivity contribution >= 4 is 10.5 Å². The molecule has 0 aromatic rings. The molecule has 0 atom stereocenters. The lowest BCUT2D eigenvalue weighted by Crippen LogP contribution is -2.36. The van der Waals surface area contributed by atoms with Crippen LogP contribution in [-0.2, 0) is 9.16 Å². The van der Waals surface area contributed by atoms with Gasteiger partial charge in [0, 0.05) is 0 Å². The van der Waals surface area contributed by atoms with Gasteiger partial charge in [-0.2, -0.15) is 0 Å². The summed E-state index contributed by atoms with van der Waals surface area (Å²) in [5.41, 5.74) is 1.02. The first kappa shape index (κ1) is 12.9. The van der Waals surface area contributed by atoms with E-state index in [2.05, 4.69) is 20.4 Å². The summed E-state index contributed by atoms with van der Waals surface area (Å²) in [7, 11) is 0.776. The second-order valence-electron chi connectivity index (χ2n) is 3.54. The number of hydrogen-bond donors (Lipinski definition) is 0. The third kappa shape index (κ3) is 4.60. The van der Waals surface area contributed by atoms with Gasteiger partial charge in [-0.1, -0.05) is 26.0 Å². The van der Waals surface area contributed by atoms with Crippen LogP contribution in [0.25, 0.3) is 0 Å². The molecule has 0 fully saturated rings. The second-order valence-corrected chi connectivity index (χ2v) is 3.95. The predicted molar refractivity (Wildman–Crippen MR) is 60.0 cm³/mol. The van der Waals surface area contributed by atoms with Crippen molar-refractivity contribution in [1.29, 1.82) is 0 Å². The zero-order valence-electron chi connectivity index (χ0n) is 9.35. The van der Waals surface area contributed by atoms with Gasteiger partial charge in [0.05, 0.1) is 18.8 Å². The Morgan fingerprint density at radius 3 is 2.23 bits per heavy atom. The van der Waals surface area contributed by atoms with Crippen LogP contribution >= 0.6 is 0 Å². The number of ether oxygens (including phenoxy) is 1. The van der Waals surface area contributed by atoms with Crippen LogP contribution in [0.3, 0.4) is 0 Å². The Balaban J connectivity index is 3.88. The molecule has 0 N–H and O–H groups in total. The molecule has 0 rings (SSSR count). The average Bonchev–Trinajstić information content (AvgIpc) is 2.13. The molecular formula is C10H22O2Si. The number of rotatable bonds is 7. The fourth-order valence-corrected chi connectivity index (χ4v) is 1.91. The molecule has 0 radical (unpaired) electrons. The summed E-state index contributed by atoms with van der Waals surface area (Å²) in [6.45, 7) is 11.4. The Bertz CT molecular complexity index is 145. The predicted octanol–water partition coefficient (Wildman–Crippen LogP) is 1.43. The first-order valence-electron chi connectivity index (χ1n) is 4.87. The highest BCUT2D eigenvalue weighted by Crippen LogP contribution is 2.19. The van der Waals surface area contributed by atoms with E-state index in [1.165, 1.54) is 0 Å². The van der Waals surface area contributed by atoms with E-state index in [4.69, 9.17) is 9.16 Å². The molecule has 3 heteroatoms. The van der Waals surface area contributed by atoms with E-state index in [-0.39, 0.29) is 5.60 Å². The highest BCUT2D eigenvalue weighted by Gasteiger charge is 2.24. The first-order chi connectivity index (χ1) is 6.10. The van der Waals surface area contributed by atoms with Gasteiger partial charge in [-0.3, -0.25) is 0 Å². The van der Waals surface area contributed by atoms with Gasteiger partial charge in [-0.25, -0.2) is 0 Å². The van der Waals surface area contributed by atoms with Gasteiger partial charge in [-0.05, 0) is 19.8 Å². The van der Waals surface area contributed by atoms with Crippen molar-refractivity contribution in [1.82, 2.24) is 0 Å². The molecule has 0 spiro atoms. The molecule has 0 heterocycles. The number of hydrogen-bond acceptors (Lipinski definition) is 2. The summed E-state index contributed by atoms with van der Waals surface area (Å²) in [5.74, 6) is 0. The Kier molecular flexibility index (Phi) is 6.29. The van der Waals surface area contributed by atoms with Crippen LogP contribution in [0.1, 0.15) is 33.6 Å². The monoisotopic (exact) mass is 202 g/mol. The zero-order valence-corrected chi connectivity index (χ0v) is 11.4. The van der Waals surface area contributed by atoms with Crippen molar-refractivity contribution in [3.8, 4) is 0 Å². The summed E-state index contributed by atoms with van der Waals surface area (Å²) in [4.78, 5) is 0. The van der Waals surface area contributed by atoms with Crippen LogP contribution in [0.2, 0.25) is 0 Å². The third-order valence-electron chi connectivity index (χ3n) is 2.44. The van der Waals surface area contributed by atoms with Crippen molar-refractivity contribution in [2.45, 2.75) is 39.2 Å². The molecule has 2 nitrogen and oxygen atoms in total. The van der Waals surface area contributed by atoms with Gasteiger partial charge in [0.15, 0.2) is 0 Å². The molecule has 0 saturated heterocycles. The minimum atomic E-state index is -0.0400. The van der Waals surface area contributed by atoms with Gasteiger partial charge in [0.25, 0.3) is 0 Å². The Morgan fingerprint density at radius 2 is 1.92 bits per heavy atom. The molecule has 0 unspecified atom stereocenters. The van der Waals surface area contributed by atoms with Gasteiger partial charge in [-0.15, -0.1) is 0 Å². The van der Waals surface area contributed by atoms with Crippen molar-refractivity contribution in [2.24, 2.45) is 0 Å². The summed E-state index contributed by atoms with van der Waals surface area (Å²) in [5, 5.41) is 0. The van der Waals surface area contributed by atoms with Crippen molar-refractivity contribution in [2.75, 3.05) is 13.2 Å². The summed E-state index contributed by atoms with van der Waals surface area (Å²) < 4.78 is 11.1. The van der Waals surface area contributed by atoms with Crippen molar-refractivity contribution < 1.29 is 9.16 Å². The maximum Gasteiger partial charge on any atom is 0.146 e. The topological polar surface area (TPSA) is 18.5 Å². The van der Waals surface area contributed by atoms with E-state index in [9.17, 15) is 0 Å². The minimum absolute atomic E-state index is 0.0400. The average molecular weight is 202 g/mol. The lowest BCUT2D eigenvalue weighted by Gasteiger charge is -2.30. The van der Waals surface area contributed by atoms with Gasteiger partial charge < -0.3 is 9.16 Å². The maximum atomic E-state index is 5.60. The lowest BCUT2D eigenvalue weighted by atomic mass is 9.99. The van der Waals surface area contributed by atoms with E-state index >= 15 is 0 Å². The highest BCUT2D eigenvalue weighted by atomic mass is 28.2. The molecule has 0 saturated carbocycles. The Hall–Kier alpha value is -0.123. The van der Waals surface area contributed by atoms with Crippen molar-refractivity contribution in [3.63, 3.8) is 0 Å². The van der Waals surface area contributed by atoms with Crippen LogP contribution < -0.4 is 0 Å². The summed E-state index contributed by atoms with van der Waals surface area (Å²) in [6, 6.07) is 0. The van der Waals surface area contributed by atoms with Gasteiger partial charge in [0.2, 0.25) is 0 Å². The van der Waals surface area contributed by atoms with E-state index in [0.717, 1.165) is 28.9 Å². The smallest absolute Gasteiger partial charge is 0.146 e. The molecule has 78 valence electrons. The van der Waals surface area contributed by atoms with E-state index in [1.54, 1.807) is 0 Å². The molecule has 0 aliphatic carbocycles. The van der Waals surface area contributed by atoms with Crippen LogP contribution in [0.4, 0.5) is 0 Å². The van der Waals surface area contributed by atoms with E-state index in [0.29, 0.717) is 13.2 Å². The Morgan fingerprint density at radius 1 is 1.38 bits per heavy atom. The van der Waals surface area contributed by atoms with Gasteiger partial charge in [0.1, 0.15) is 10.5 Å². The molecule has 0 amide bonds. The zero-order chi connectivity index (χ0) is 10.3.